The fraction of sp³-hybridized carbons (Fsp3) is 0.933. The number of hydrogen-bond acceptors (Lipinski definition) is 2. The van der Waals surface area contributed by atoms with Crippen LogP contribution in [0.4, 0.5) is 0 Å². The molecule has 0 aromatic heterocycles. The second-order valence-corrected chi connectivity index (χ2v) is 7.72. The highest BCUT2D eigenvalue weighted by molar-refractivity contribution is 6.67. The number of ether oxygens (including phenoxy) is 1. The van der Waals surface area contributed by atoms with Crippen LogP contribution < -0.4 is 0 Å². The maximum Gasteiger partial charge on any atom is 0.305 e. The van der Waals surface area contributed by atoms with Crippen molar-refractivity contribution in [2.45, 2.75) is 81.3 Å². The van der Waals surface area contributed by atoms with Gasteiger partial charge in [0.15, 0.2) is 0 Å². The van der Waals surface area contributed by atoms with Gasteiger partial charge in [0.05, 0.1) is 0 Å². The number of carbonyl (C=O) groups is 1. The van der Waals surface area contributed by atoms with Gasteiger partial charge < -0.3 is 4.74 Å². The summed E-state index contributed by atoms with van der Waals surface area (Å²) in [6, 6.07) is 0. The fourth-order valence-electron chi connectivity index (χ4n) is 1.99. The molecule has 0 aliphatic rings. The lowest BCUT2D eigenvalue weighted by Crippen LogP contribution is -2.17. The Hall–Kier alpha value is 0.340. The molecule has 0 aliphatic heterocycles. The summed E-state index contributed by atoms with van der Waals surface area (Å²) in [4.78, 5) is 11.3. The molecule has 0 bridgehead atoms. The average molecular weight is 346 g/mol. The van der Waals surface area contributed by atoms with E-state index in [0.717, 1.165) is 12.8 Å². The number of esters is 1. The predicted octanol–water partition coefficient (Wildman–Crippen LogP) is 6.21. The van der Waals surface area contributed by atoms with Crippen molar-refractivity contribution in [1.29, 1.82) is 0 Å². The van der Waals surface area contributed by atoms with E-state index in [1.54, 1.807) is 0 Å². The molecule has 0 aliphatic carbocycles. The average Bonchev–Trinajstić information content (AvgIpc) is 2.38. The molecular formula is C15H27Cl3O2. The quantitative estimate of drug-likeness (QED) is 0.239. The summed E-state index contributed by atoms with van der Waals surface area (Å²) in [6.07, 6.45) is 12.8. The minimum atomic E-state index is -1.51. The number of carbonyl (C=O) groups excluding carboxylic acids is 1. The first-order valence-electron chi connectivity index (χ1n) is 7.68. The van der Waals surface area contributed by atoms with Gasteiger partial charge in [0.2, 0.25) is 3.79 Å². The van der Waals surface area contributed by atoms with Crippen LogP contribution >= 0.6 is 34.8 Å². The van der Waals surface area contributed by atoms with Crippen molar-refractivity contribution in [2.24, 2.45) is 0 Å². The first kappa shape index (κ1) is 20.3. The monoisotopic (exact) mass is 344 g/mol. The minimum Gasteiger partial charge on any atom is -0.461 e. The lowest BCUT2D eigenvalue weighted by molar-refractivity contribution is -0.143. The molecule has 0 saturated carbocycles. The van der Waals surface area contributed by atoms with Crippen LogP contribution in [-0.2, 0) is 9.53 Å². The number of hydrogen-bond donors (Lipinski definition) is 0. The third-order valence-electron chi connectivity index (χ3n) is 3.13. The number of unbranched alkanes of at least 4 members (excludes halogenated alkanes) is 9. The van der Waals surface area contributed by atoms with Crippen molar-refractivity contribution in [2.75, 3.05) is 6.61 Å². The van der Waals surface area contributed by atoms with Gasteiger partial charge in [-0.2, -0.15) is 0 Å². The first-order chi connectivity index (χ1) is 9.45. The molecule has 2 nitrogen and oxygen atoms in total. The molecule has 0 amide bonds. The van der Waals surface area contributed by atoms with E-state index in [1.807, 2.05) is 0 Å². The van der Waals surface area contributed by atoms with Crippen LogP contribution in [0.5, 0.6) is 0 Å². The van der Waals surface area contributed by atoms with Crippen molar-refractivity contribution in [3.05, 3.63) is 0 Å². The van der Waals surface area contributed by atoms with E-state index in [0.29, 0.717) is 6.42 Å². The Morgan fingerprint density at radius 3 is 1.75 bits per heavy atom. The zero-order valence-corrected chi connectivity index (χ0v) is 14.7. The van der Waals surface area contributed by atoms with Crippen molar-refractivity contribution in [3.63, 3.8) is 0 Å². The predicted molar refractivity (Wildman–Crippen MR) is 87.7 cm³/mol. The summed E-state index contributed by atoms with van der Waals surface area (Å²) in [5.41, 5.74) is 0. The smallest absolute Gasteiger partial charge is 0.305 e. The zero-order valence-electron chi connectivity index (χ0n) is 12.4. The standard InChI is InChI=1S/C15H27Cl3O2/c1-2-3-4-5-6-7-8-9-10-11-12-14(19)20-13-15(16,17)18/h2-13H2,1H3. The van der Waals surface area contributed by atoms with Gasteiger partial charge >= 0.3 is 5.97 Å². The Balaban J connectivity index is 3.21. The van der Waals surface area contributed by atoms with Crippen LogP contribution in [0.2, 0.25) is 0 Å². The van der Waals surface area contributed by atoms with Crippen molar-refractivity contribution < 1.29 is 9.53 Å². The van der Waals surface area contributed by atoms with Crippen LogP contribution in [0, 0.1) is 0 Å². The highest BCUT2D eigenvalue weighted by Crippen LogP contribution is 2.26. The summed E-state index contributed by atoms with van der Waals surface area (Å²) in [7, 11) is 0. The molecule has 0 fully saturated rings. The Morgan fingerprint density at radius 1 is 0.850 bits per heavy atom. The minimum absolute atomic E-state index is 0.172. The molecule has 0 heterocycles. The van der Waals surface area contributed by atoms with Crippen LogP contribution in [0.3, 0.4) is 0 Å². The third-order valence-corrected chi connectivity index (χ3v) is 3.46. The highest BCUT2D eigenvalue weighted by atomic mass is 35.6. The van der Waals surface area contributed by atoms with Crippen LogP contribution in [0.1, 0.15) is 77.6 Å². The van der Waals surface area contributed by atoms with Gasteiger partial charge in [-0.05, 0) is 6.42 Å². The molecule has 0 rings (SSSR count). The van der Waals surface area contributed by atoms with Crippen LogP contribution in [0.15, 0.2) is 0 Å². The van der Waals surface area contributed by atoms with Gasteiger partial charge in [-0.3, -0.25) is 4.79 Å². The van der Waals surface area contributed by atoms with Gasteiger partial charge in [0, 0.05) is 6.42 Å². The van der Waals surface area contributed by atoms with Gasteiger partial charge in [-0.25, -0.2) is 0 Å². The zero-order chi connectivity index (χ0) is 15.3. The summed E-state index contributed by atoms with van der Waals surface area (Å²) < 4.78 is 3.35. The van der Waals surface area contributed by atoms with Crippen molar-refractivity contribution in [3.8, 4) is 0 Å². The Bertz CT molecular complexity index is 240. The van der Waals surface area contributed by atoms with Crippen LogP contribution in [-0.4, -0.2) is 16.4 Å². The van der Waals surface area contributed by atoms with E-state index < -0.39 is 3.79 Å². The fourth-order valence-corrected chi connectivity index (χ4v) is 2.15. The lowest BCUT2D eigenvalue weighted by atomic mass is 10.1. The van der Waals surface area contributed by atoms with Crippen molar-refractivity contribution in [1.82, 2.24) is 0 Å². The molecule has 0 radical (unpaired) electrons. The van der Waals surface area contributed by atoms with Gasteiger partial charge in [0.1, 0.15) is 6.61 Å². The van der Waals surface area contributed by atoms with Crippen molar-refractivity contribution >= 4 is 40.8 Å². The maximum atomic E-state index is 11.3. The van der Waals surface area contributed by atoms with Gasteiger partial charge in [-0.1, -0.05) is 99.5 Å². The van der Waals surface area contributed by atoms with Gasteiger partial charge in [0.25, 0.3) is 0 Å². The molecule has 0 aromatic carbocycles. The summed E-state index contributed by atoms with van der Waals surface area (Å²) >= 11 is 16.5. The Labute approximate surface area is 138 Å². The number of rotatable bonds is 12. The van der Waals surface area contributed by atoms with Crippen LogP contribution in [0.25, 0.3) is 0 Å². The Kier molecular flexibility index (Phi) is 13.3. The molecular weight excluding hydrogens is 319 g/mol. The molecule has 0 N–H and O–H groups in total. The largest absolute Gasteiger partial charge is 0.461 e. The van der Waals surface area contributed by atoms with E-state index in [2.05, 4.69) is 6.92 Å². The van der Waals surface area contributed by atoms with E-state index in [4.69, 9.17) is 39.5 Å². The second kappa shape index (κ2) is 13.0. The normalized spacial score (nSPS) is 11.6. The summed E-state index contributed by atoms with van der Waals surface area (Å²) in [6.45, 7) is 2.06. The molecule has 120 valence electrons. The van der Waals surface area contributed by atoms with Gasteiger partial charge in [-0.15, -0.1) is 0 Å². The maximum absolute atomic E-state index is 11.3. The second-order valence-electron chi connectivity index (χ2n) is 5.21. The number of alkyl halides is 3. The molecule has 0 saturated heterocycles. The molecule has 0 spiro atoms. The molecule has 5 heteroatoms. The molecule has 20 heavy (non-hydrogen) atoms. The van der Waals surface area contributed by atoms with E-state index >= 15 is 0 Å². The lowest BCUT2D eigenvalue weighted by Gasteiger charge is -2.11. The highest BCUT2D eigenvalue weighted by Gasteiger charge is 2.21. The van der Waals surface area contributed by atoms with E-state index in [9.17, 15) is 4.79 Å². The van der Waals surface area contributed by atoms with E-state index in [1.165, 1.54) is 51.4 Å². The first-order valence-corrected chi connectivity index (χ1v) is 8.81. The van der Waals surface area contributed by atoms with E-state index in [-0.39, 0.29) is 12.6 Å². The Morgan fingerprint density at radius 2 is 1.30 bits per heavy atom. The SMILES string of the molecule is CCCCCCCCCCCCC(=O)OCC(Cl)(Cl)Cl. The number of halogens is 3. The molecule has 0 atom stereocenters. The summed E-state index contributed by atoms with van der Waals surface area (Å²) in [5, 5.41) is 0. The molecule has 0 aromatic rings. The topological polar surface area (TPSA) is 26.3 Å². The summed E-state index contributed by atoms with van der Waals surface area (Å²) in [5.74, 6) is -0.282. The molecule has 0 unspecified atom stereocenters. The third kappa shape index (κ3) is 16.4.